The van der Waals surface area contributed by atoms with E-state index in [1.807, 2.05) is 0 Å². The molecule has 0 aromatic rings. The van der Waals surface area contributed by atoms with Crippen LogP contribution in [-0.4, -0.2) is 18.1 Å². The Morgan fingerprint density at radius 2 is 0.659 bits per heavy atom. The number of allylic oxidation sites excluding steroid dienone is 4. The maximum absolute atomic E-state index is 12.0. The minimum absolute atomic E-state index is 0.308. The average Bonchev–Trinajstić information content (AvgIpc) is 2.96. The van der Waals surface area contributed by atoms with Crippen molar-refractivity contribution in [2.75, 3.05) is 13.2 Å². The van der Waals surface area contributed by atoms with Crippen molar-refractivity contribution in [1.29, 1.82) is 0 Å². The van der Waals surface area contributed by atoms with E-state index < -0.39 is 7.82 Å². The van der Waals surface area contributed by atoms with Gasteiger partial charge >= 0.3 is 7.82 Å². The highest BCUT2D eigenvalue weighted by Gasteiger charge is 2.19. The molecule has 0 fully saturated rings. The molecule has 0 bridgehead atoms. The highest BCUT2D eigenvalue weighted by atomic mass is 31.2. The Labute approximate surface area is 257 Å². The fourth-order valence-corrected chi connectivity index (χ4v) is 5.89. The van der Waals surface area contributed by atoms with Crippen molar-refractivity contribution in [2.45, 2.75) is 194 Å². The van der Waals surface area contributed by atoms with Crippen LogP contribution in [0.25, 0.3) is 0 Å². The van der Waals surface area contributed by atoms with Crippen LogP contribution < -0.4 is 0 Å². The standard InChI is InChI=1S/C36H71O4P/c1-3-5-7-9-11-13-15-17-19-21-23-25-27-29-31-33-35-39-41(37,38)40-36-34-32-30-28-26-24-22-20-18-16-14-12-10-8-6-4-2/h17-20H,3-16,21-36H2,1-2H3,(H,37,38)/b19-17+,20-18+. The second kappa shape index (κ2) is 34.1. The van der Waals surface area contributed by atoms with E-state index in [0.717, 1.165) is 38.5 Å². The van der Waals surface area contributed by atoms with Gasteiger partial charge < -0.3 is 4.89 Å². The molecular weight excluding hydrogens is 527 g/mol. The van der Waals surface area contributed by atoms with Crippen molar-refractivity contribution in [3.63, 3.8) is 0 Å². The molecule has 0 aromatic carbocycles. The number of unbranched alkanes of at least 4 members (excludes halogenated alkanes) is 24. The van der Waals surface area contributed by atoms with Gasteiger partial charge in [-0.3, -0.25) is 9.05 Å². The first-order valence-electron chi connectivity index (χ1n) is 18.0. The quantitative estimate of drug-likeness (QED) is 0.0455. The van der Waals surface area contributed by atoms with Gasteiger partial charge in [0.2, 0.25) is 0 Å². The van der Waals surface area contributed by atoms with Crippen LogP contribution in [0.5, 0.6) is 0 Å². The molecule has 0 amide bonds. The van der Waals surface area contributed by atoms with Crippen LogP contribution in [0, 0.1) is 0 Å². The normalized spacial score (nSPS) is 12.4. The van der Waals surface area contributed by atoms with Crippen LogP contribution >= 0.6 is 7.82 Å². The predicted molar refractivity (Wildman–Crippen MR) is 181 cm³/mol. The molecule has 0 saturated heterocycles. The van der Waals surface area contributed by atoms with Gasteiger partial charge in [0.25, 0.3) is 0 Å². The Morgan fingerprint density at radius 3 is 0.951 bits per heavy atom. The topological polar surface area (TPSA) is 55.8 Å². The zero-order valence-corrected chi connectivity index (χ0v) is 28.5. The molecule has 0 aliphatic rings. The Kier molecular flexibility index (Phi) is 33.7. The summed E-state index contributed by atoms with van der Waals surface area (Å²) in [5.74, 6) is 0. The molecule has 0 heterocycles. The van der Waals surface area contributed by atoms with Crippen LogP contribution in [0.1, 0.15) is 194 Å². The number of rotatable bonds is 34. The van der Waals surface area contributed by atoms with Crippen molar-refractivity contribution in [1.82, 2.24) is 0 Å². The molecule has 0 unspecified atom stereocenters. The summed E-state index contributed by atoms with van der Waals surface area (Å²) in [6.07, 6.45) is 44.3. The molecule has 0 aliphatic heterocycles. The minimum Gasteiger partial charge on any atom is -0.302 e. The highest BCUT2D eigenvalue weighted by molar-refractivity contribution is 7.47. The van der Waals surface area contributed by atoms with Gasteiger partial charge in [-0.25, -0.2) is 4.57 Å². The van der Waals surface area contributed by atoms with Crippen molar-refractivity contribution in [3.05, 3.63) is 24.3 Å². The minimum atomic E-state index is -3.89. The maximum Gasteiger partial charge on any atom is 0.472 e. The van der Waals surface area contributed by atoms with Crippen molar-refractivity contribution < 1.29 is 18.5 Å². The van der Waals surface area contributed by atoms with E-state index in [-0.39, 0.29) is 0 Å². The zero-order valence-electron chi connectivity index (χ0n) is 27.6. The summed E-state index contributed by atoms with van der Waals surface area (Å²) in [7, 11) is -3.89. The second-order valence-corrected chi connectivity index (χ2v) is 13.5. The van der Waals surface area contributed by atoms with Gasteiger partial charge in [0.15, 0.2) is 0 Å². The van der Waals surface area contributed by atoms with E-state index in [4.69, 9.17) is 9.05 Å². The van der Waals surface area contributed by atoms with Gasteiger partial charge in [-0.2, -0.15) is 0 Å². The maximum atomic E-state index is 12.0. The molecule has 4 nitrogen and oxygen atoms in total. The van der Waals surface area contributed by atoms with Crippen LogP contribution in [0.4, 0.5) is 0 Å². The van der Waals surface area contributed by atoms with Gasteiger partial charge in [0.1, 0.15) is 0 Å². The molecule has 0 aromatic heterocycles. The summed E-state index contributed by atoms with van der Waals surface area (Å²) in [5.41, 5.74) is 0. The molecule has 0 spiro atoms. The van der Waals surface area contributed by atoms with E-state index >= 15 is 0 Å². The van der Waals surface area contributed by atoms with Crippen LogP contribution in [0.15, 0.2) is 24.3 Å². The summed E-state index contributed by atoms with van der Waals surface area (Å²) in [6.45, 7) is 5.15. The summed E-state index contributed by atoms with van der Waals surface area (Å²) in [6, 6.07) is 0. The first-order chi connectivity index (χ1) is 20.1. The predicted octanol–water partition coefficient (Wildman–Crippen LogP) is 13.2. The van der Waals surface area contributed by atoms with E-state index in [0.29, 0.717) is 13.2 Å². The van der Waals surface area contributed by atoms with Crippen molar-refractivity contribution in [3.8, 4) is 0 Å². The molecule has 1 N–H and O–H groups in total. The molecule has 0 rings (SSSR count). The summed E-state index contributed by atoms with van der Waals surface area (Å²) >= 11 is 0. The lowest BCUT2D eigenvalue weighted by Crippen LogP contribution is -1.99. The fraction of sp³-hybridized carbons (Fsp3) is 0.889. The van der Waals surface area contributed by atoms with Crippen molar-refractivity contribution >= 4 is 7.82 Å². The fourth-order valence-electron chi connectivity index (χ4n) is 5.10. The van der Waals surface area contributed by atoms with Crippen LogP contribution in [0.2, 0.25) is 0 Å². The van der Waals surface area contributed by atoms with Crippen LogP contribution in [0.3, 0.4) is 0 Å². The molecule has 244 valence electrons. The Balaban J connectivity index is 3.35. The summed E-state index contributed by atoms with van der Waals surface area (Å²) in [4.78, 5) is 9.86. The highest BCUT2D eigenvalue weighted by Crippen LogP contribution is 2.43. The Morgan fingerprint density at radius 1 is 0.415 bits per heavy atom. The molecule has 0 radical (unpaired) electrons. The summed E-state index contributed by atoms with van der Waals surface area (Å²) < 4.78 is 22.3. The number of hydrogen-bond acceptors (Lipinski definition) is 3. The lowest BCUT2D eigenvalue weighted by molar-refractivity contribution is 0.145. The third-order valence-corrected chi connectivity index (χ3v) is 8.84. The monoisotopic (exact) mass is 599 g/mol. The van der Waals surface area contributed by atoms with Gasteiger partial charge in [0.05, 0.1) is 13.2 Å². The van der Waals surface area contributed by atoms with Gasteiger partial charge in [0, 0.05) is 0 Å². The number of phosphoric acid groups is 1. The van der Waals surface area contributed by atoms with E-state index in [9.17, 15) is 9.46 Å². The lowest BCUT2D eigenvalue weighted by atomic mass is 10.1. The van der Waals surface area contributed by atoms with Gasteiger partial charge in [-0.1, -0.05) is 154 Å². The summed E-state index contributed by atoms with van der Waals surface area (Å²) in [5, 5.41) is 0. The third-order valence-electron chi connectivity index (χ3n) is 7.82. The molecule has 41 heavy (non-hydrogen) atoms. The van der Waals surface area contributed by atoms with Crippen molar-refractivity contribution in [2.24, 2.45) is 0 Å². The molecule has 0 aliphatic carbocycles. The van der Waals surface area contributed by atoms with Gasteiger partial charge in [-0.05, 0) is 64.2 Å². The first-order valence-corrected chi connectivity index (χ1v) is 19.5. The number of hydrogen-bond donors (Lipinski definition) is 1. The first kappa shape index (κ1) is 40.6. The second-order valence-electron chi connectivity index (χ2n) is 12.0. The van der Waals surface area contributed by atoms with E-state index in [1.165, 1.54) is 141 Å². The molecule has 0 saturated carbocycles. The largest absolute Gasteiger partial charge is 0.472 e. The van der Waals surface area contributed by atoms with E-state index in [2.05, 4.69) is 38.2 Å². The van der Waals surface area contributed by atoms with Crippen LogP contribution in [-0.2, 0) is 13.6 Å². The molecule has 0 atom stereocenters. The van der Waals surface area contributed by atoms with Gasteiger partial charge in [-0.15, -0.1) is 0 Å². The number of phosphoric ester groups is 1. The average molecular weight is 599 g/mol. The third kappa shape index (κ3) is 35.7. The molecular formula is C36H71O4P. The lowest BCUT2D eigenvalue weighted by Gasteiger charge is -2.12. The molecule has 5 heteroatoms. The SMILES string of the molecule is CCCCCCCC/C=C/CCCCCCCCOP(=O)(O)OCCCCCCCC/C=C/CCCCCCCC. The zero-order chi connectivity index (χ0) is 30.0. The Bertz CT molecular complexity index is 556. The van der Waals surface area contributed by atoms with E-state index in [1.54, 1.807) is 0 Å². The Hall–Kier alpha value is -0.410. The smallest absolute Gasteiger partial charge is 0.302 e.